The van der Waals surface area contributed by atoms with Crippen LogP contribution in [0, 0.1) is 0 Å². The van der Waals surface area contributed by atoms with Crippen molar-refractivity contribution in [2.24, 2.45) is 0 Å². The second-order valence-corrected chi connectivity index (χ2v) is 2.41. The molecule has 0 atom stereocenters. The number of alkyl halides is 9. The van der Waals surface area contributed by atoms with Crippen molar-refractivity contribution < 1.29 is 69.2 Å². The normalized spacial score (nSPS) is 10.8. The van der Waals surface area contributed by atoms with Gasteiger partial charge in [-0.05, 0) is 0 Å². The Hall–Kier alpha value is -1.34. The first-order valence-electron chi connectivity index (χ1n) is 3.73. The van der Waals surface area contributed by atoms with E-state index in [1.807, 2.05) is 0 Å². The average Bonchev–Trinajstić information content (AvgIpc) is 2.14. The molecule has 0 aliphatic heterocycles. The van der Waals surface area contributed by atoms with Crippen molar-refractivity contribution in [2.45, 2.75) is 18.5 Å². The van der Waals surface area contributed by atoms with Crippen LogP contribution in [0.4, 0.5) is 39.5 Å². The molecule has 0 aliphatic rings. The van der Waals surface area contributed by atoms with E-state index in [1.54, 1.807) is 0 Å². The monoisotopic (exact) mass is 551 g/mol. The Morgan fingerprint density at radius 3 is 0.545 bits per heavy atom. The van der Waals surface area contributed by atoms with Crippen molar-refractivity contribution >= 4 is 44.1 Å². The maximum Gasteiger partial charge on any atom is 0.490 e. The van der Waals surface area contributed by atoms with Crippen molar-refractivity contribution in [3.63, 3.8) is 0 Å². The Labute approximate surface area is 132 Å². The number of halogens is 9. The summed E-state index contributed by atoms with van der Waals surface area (Å²) in [6, 6.07) is 0. The van der Waals surface area contributed by atoms with Crippen LogP contribution in [0.15, 0.2) is 0 Å². The summed E-state index contributed by atoms with van der Waals surface area (Å²) in [7, 11) is 0. The fourth-order valence-corrected chi connectivity index (χ4v) is 0. The molecule has 0 aliphatic carbocycles. The van der Waals surface area contributed by atoms with E-state index in [2.05, 4.69) is 0 Å². The summed E-state index contributed by atoms with van der Waals surface area (Å²) in [5.41, 5.74) is 0. The summed E-state index contributed by atoms with van der Waals surface area (Å²) in [6.07, 6.45) is -15.3. The fourth-order valence-electron chi connectivity index (χ4n) is 0. The van der Waals surface area contributed by atoms with Gasteiger partial charge >= 0.3 is 36.4 Å². The molecule has 22 heavy (non-hydrogen) atoms. The number of rotatable bonds is 0. The van der Waals surface area contributed by atoms with Crippen LogP contribution < -0.4 is 0 Å². The molecule has 0 fully saturated rings. The van der Waals surface area contributed by atoms with Crippen LogP contribution >= 0.6 is 0 Å². The number of carboxylic acids is 3. The van der Waals surface area contributed by atoms with Crippen LogP contribution in [0.3, 0.4) is 0 Å². The Balaban J connectivity index is -0.000000108. The van der Waals surface area contributed by atoms with Gasteiger partial charge in [-0.1, -0.05) is 0 Å². The van der Waals surface area contributed by atoms with E-state index in [4.69, 9.17) is 29.7 Å². The van der Waals surface area contributed by atoms with Crippen molar-refractivity contribution in [1.29, 1.82) is 0 Å². The topological polar surface area (TPSA) is 112 Å². The van der Waals surface area contributed by atoms with Gasteiger partial charge in [0.2, 0.25) is 0 Å². The van der Waals surface area contributed by atoms with Gasteiger partial charge in [-0.3, -0.25) is 0 Å². The zero-order valence-corrected chi connectivity index (χ0v) is 12.9. The second kappa shape index (κ2) is 10.4. The Morgan fingerprint density at radius 2 is 0.545 bits per heavy atom. The third kappa shape index (κ3) is 21.0. The van der Waals surface area contributed by atoms with E-state index in [0.717, 1.165) is 0 Å². The van der Waals surface area contributed by atoms with Gasteiger partial charge in [0.05, 0.1) is 0 Å². The fraction of sp³-hybridized carbons (Fsp3) is 0.500. The minimum absolute atomic E-state index is 0. The summed E-state index contributed by atoms with van der Waals surface area (Å²) in [6.45, 7) is 0. The predicted octanol–water partition coefficient (Wildman–Crippen LogP) is 1.52. The molecule has 3 radical (unpaired) electrons. The van der Waals surface area contributed by atoms with Gasteiger partial charge < -0.3 is 15.3 Å². The third-order valence-electron chi connectivity index (χ3n) is 0.728. The van der Waals surface area contributed by atoms with Crippen LogP contribution in [-0.4, -0.2) is 78.0 Å². The molecule has 131 valence electrons. The SMILES string of the molecule is O=C(O)C(F)(F)F.O=C(O)C(F)(F)F.O=C(O)C(F)(F)F.[Bi]. The smallest absolute Gasteiger partial charge is 0.475 e. The molecule has 0 amide bonds. The van der Waals surface area contributed by atoms with Gasteiger partial charge in [0.1, 0.15) is 0 Å². The average molecular weight is 551 g/mol. The molecule has 6 nitrogen and oxygen atoms in total. The van der Waals surface area contributed by atoms with Crippen molar-refractivity contribution in [2.75, 3.05) is 0 Å². The number of aliphatic carboxylic acids is 3. The van der Waals surface area contributed by atoms with Gasteiger partial charge in [0.25, 0.3) is 0 Å². The zero-order chi connectivity index (χ0) is 18.2. The molecule has 16 heteroatoms. The quantitative estimate of drug-likeness (QED) is 0.311. The van der Waals surface area contributed by atoms with Crippen LogP contribution in [0.25, 0.3) is 0 Å². The number of carbonyl (C=O) groups is 3. The van der Waals surface area contributed by atoms with Crippen LogP contribution in [-0.2, 0) is 14.4 Å². The number of hydrogen-bond acceptors (Lipinski definition) is 3. The van der Waals surface area contributed by atoms with Gasteiger partial charge in [-0.2, -0.15) is 39.5 Å². The van der Waals surface area contributed by atoms with Crippen molar-refractivity contribution in [3.05, 3.63) is 0 Å². The zero-order valence-electron chi connectivity index (χ0n) is 9.42. The molecule has 0 spiro atoms. The summed E-state index contributed by atoms with van der Waals surface area (Å²) >= 11 is 0. The van der Waals surface area contributed by atoms with E-state index >= 15 is 0 Å². The Bertz CT molecular complexity index is 313. The second-order valence-electron chi connectivity index (χ2n) is 2.41. The predicted molar refractivity (Wildman–Crippen MR) is 46.8 cm³/mol. The molecule has 0 saturated heterocycles. The molecule has 0 unspecified atom stereocenters. The van der Waals surface area contributed by atoms with E-state index in [0.29, 0.717) is 0 Å². The molecule has 0 heterocycles. The van der Waals surface area contributed by atoms with Gasteiger partial charge in [-0.15, -0.1) is 0 Å². The first kappa shape index (κ1) is 28.8. The molecule has 0 rings (SSSR count). The summed E-state index contributed by atoms with van der Waals surface area (Å²) in [5.74, 6) is -8.27. The maximum atomic E-state index is 10.6. The molecule has 0 aromatic rings. The molecule has 0 bridgehead atoms. The molecule has 0 saturated carbocycles. The summed E-state index contributed by atoms with van der Waals surface area (Å²) in [4.78, 5) is 26.7. The van der Waals surface area contributed by atoms with Gasteiger partial charge in [-0.25, -0.2) is 14.4 Å². The van der Waals surface area contributed by atoms with Gasteiger partial charge in [0, 0.05) is 26.2 Å². The van der Waals surface area contributed by atoms with Crippen LogP contribution in [0.2, 0.25) is 0 Å². The van der Waals surface area contributed by atoms with Crippen molar-refractivity contribution in [1.82, 2.24) is 0 Å². The van der Waals surface area contributed by atoms with E-state index in [-0.39, 0.29) is 26.2 Å². The Morgan fingerprint density at radius 1 is 0.500 bits per heavy atom. The molecular formula is C6H3BiF9O6. The number of hydrogen-bond donors (Lipinski definition) is 3. The van der Waals surface area contributed by atoms with Crippen molar-refractivity contribution in [3.8, 4) is 0 Å². The molecular weight excluding hydrogens is 548 g/mol. The van der Waals surface area contributed by atoms with E-state index < -0.39 is 36.4 Å². The first-order valence-corrected chi connectivity index (χ1v) is 3.73. The third-order valence-corrected chi connectivity index (χ3v) is 0.728. The van der Waals surface area contributed by atoms with Crippen LogP contribution in [0.5, 0.6) is 0 Å². The summed E-state index contributed by atoms with van der Waals surface area (Å²) in [5, 5.41) is 21.4. The largest absolute Gasteiger partial charge is 0.490 e. The number of carboxylic acid groups (broad SMARTS) is 3. The minimum Gasteiger partial charge on any atom is -0.475 e. The van der Waals surface area contributed by atoms with E-state index in [1.165, 1.54) is 0 Å². The minimum atomic E-state index is -5.08. The van der Waals surface area contributed by atoms with E-state index in [9.17, 15) is 39.5 Å². The maximum absolute atomic E-state index is 10.6. The van der Waals surface area contributed by atoms with Crippen LogP contribution in [0.1, 0.15) is 0 Å². The van der Waals surface area contributed by atoms with Gasteiger partial charge in [0.15, 0.2) is 0 Å². The Kier molecular flexibility index (Phi) is 13.6. The molecule has 3 N–H and O–H groups in total. The standard InChI is InChI=1S/3C2HF3O2.Bi/c3*3-2(4,5)1(6)7;/h3*(H,6,7);. The molecule has 0 aromatic heterocycles. The molecule has 0 aromatic carbocycles. The first-order chi connectivity index (χ1) is 8.83. The summed E-state index contributed by atoms with van der Waals surface area (Å²) < 4.78 is 95.2.